The first-order chi connectivity index (χ1) is 14.1. The number of unbranched alkanes of at least 4 members (excludes halogenated alkanes) is 1. The summed E-state index contributed by atoms with van der Waals surface area (Å²) in [4.78, 5) is 26.6. The molecule has 0 radical (unpaired) electrons. The van der Waals surface area contributed by atoms with E-state index in [-0.39, 0.29) is 18.4 Å². The predicted molar refractivity (Wildman–Crippen MR) is 121 cm³/mol. The fraction of sp³-hybridized carbons (Fsp3) is 0.476. The van der Waals surface area contributed by atoms with Crippen LogP contribution in [0.1, 0.15) is 31.9 Å². The van der Waals surface area contributed by atoms with E-state index in [1.54, 1.807) is 4.90 Å². The number of fused-ring (bicyclic) bond motifs is 1. The SMILES string of the molecule is CCCCSCCCNC(=O)CN1C(=O)CSc2c1c(C)nn2-c1ccccc1. The number of para-hydroxylation sites is 1. The molecule has 2 heterocycles. The molecule has 1 aliphatic heterocycles. The Bertz CT molecular complexity index is 839. The number of nitrogens with one attached hydrogen (secondary N) is 1. The lowest BCUT2D eigenvalue weighted by Gasteiger charge is -2.27. The average Bonchev–Trinajstić information content (AvgIpc) is 3.07. The molecule has 1 aliphatic rings. The lowest BCUT2D eigenvalue weighted by molar-refractivity contribution is -0.122. The lowest BCUT2D eigenvalue weighted by atomic mass is 10.3. The molecular formula is C21H28N4O2S2. The van der Waals surface area contributed by atoms with Gasteiger partial charge in [-0.2, -0.15) is 16.9 Å². The van der Waals surface area contributed by atoms with E-state index in [1.165, 1.54) is 30.4 Å². The standard InChI is InChI=1S/C21H28N4O2S2/c1-3-4-12-28-13-8-11-22-18(26)14-24-19(27)15-29-21-20(24)16(2)23-25(21)17-9-6-5-7-10-17/h5-7,9-10H,3-4,8,11-15H2,1-2H3,(H,22,26). The van der Waals surface area contributed by atoms with Gasteiger partial charge in [0.15, 0.2) is 0 Å². The van der Waals surface area contributed by atoms with E-state index in [4.69, 9.17) is 0 Å². The van der Waals surface area contributed by atoms with Crippen LogP contribution >= 0.6 is 23.5 Å². The Morgan fingerprint density at radius 1 is 1.24 bits per heavy atom. The first-order valence-electron chi connectivity index (χ1n) is 10.0. The van der Waals surface area contributed by atoms with Crippen molar-refractivity contribution in [1.29, 1.82) is 0 Å². The monoisotopic (exact) mass is 432 g/mol. The van der Waals surface area contributed by atoms with Crippen molar-refractivity contribution in [2.45, 2.75) is 38.1 Å². The smallest absolute Gasteiger partial charge is 0.240 e. The number of nitrogens with zero attached hydrogens (tertiary/aromatic N) is 3. The normalized spacial score (nSPS) is 13.4. The number of carbonyl (C=O) groups excluding carboxylic acids is 2. The number of hydrogen-bond acceptors (Lipinski definition) is 5. The summed E-state index contributed by atoms with van der Waals surface area (Å²) in [6.45, 7) is 4.76. The zero-order valence-corrected chi connectivity index (χ0v) is 18.7. The van der Waals surface area contributed by atoms with Crippen molar-refractivity contribution in [3.63, 3.8) is 0 Å². The van der Waals surface area contributed by atoms with Gasteiger partial charge in [-0.1, -0.05) is 43.3 Å². The van der Waals surface area contributed by atoms with E-state index < -0.39 is 0 Å². The van der Waals surface area contributed by atoms with Crippen LogP contribution in [-0.2, 0) is 9.59 Å². The number of amides is 2. The predicted octanol–water partition coefficient (Wildman–Crippen LogP) is 3.66. The highest BCUT2D eigenvalue weighted by atomic mass is 32.2. The molecule has 0 spiro atoms. The highest BCUT2D eigenvalue weighted by Crippen LogP contribution is 2.39. The summed E-state index contributed by atoms with van der Waals surface area (Å²) >= 11 is 3.40. The van der Waals surface area contributed by atoms with Gasteiger partial charge < -0.3 is 5.32 Å². The summed E-state index contributed by atoms with van der Waals surface area (Å²) < 4.78 is 1.86. The molecule has 0 fully saturated rings. The number of anilines is 1. The molecule has 0 saturated carbocycles. The first kappa shape index (κ1) is 21.8. The summed E-state index contributed by atoms with van der Waals surface area (Å²) in [6, 6.07) is 9.85. The van der Waals surface area contributed by atoms with Gasteiger partial charge in [-0.3, -0.25) is 14.5 Å². The number of carbonyl (C=O) groups is 2. The molecule has 1 aromatic heterocycles. The molecule has 0 saturated heterocycles. The largest absolute Gasteiger partial charge is 0.355 e. The van der Waals surface area contributed by atoms with Crippen molar-refractivity contribution in [3.8, 4) is 5.69 Å². The Hall–Kier alpha value is -1.93. The number of benzene rings is 1. The summed E-state index contributed by atoms with van der Waals surface area (Å²) in [7, 11) is 0. The number of aryl methyl sites for hydroxylation is 1. The minimum Gasteiger partial charge on any atom is -0.355 e. The Morgan fingerprint density at radius 3 is 2.76 bits per heavy atom. The van der Waals surface area contributed by atoms with Crippen molar-refractivity contribution in [2.75, 3.05) is 35.2 Å². The molecule has 3 rings (SSSR count). The van der Waals surface area contributed by atoms with Crippen molar-refractivity contribution in [3.05, 3.63) is 36.0 Å². The van der Waals surface area contributed by atoms with Gasteiger partial charge in [0, 0.05) is 6.54 Å². The van der Waals surface area contributed by atoms with Gasteiger partial charge in [0.25, 0.3) is 0 Å². The van der Waals surface area contributed by atoms with Gasteiger partial charge in [-0.05, 0) is 43.4 Å². The van der Waals surface area contributed by atoms with Crippen LogP contribution in [0.15, 0.2) is 35.4 Å². The van der Waals surface area contributed by atoms with Crippen LogP contribution in [-0.4, -0.2) is 51.9 Å². The second-order valence-corrected chi connectivity index (χ2v) is 9.11. The fourth-order valence-electron chi connectivity index (χ4n) is 3.13. The van der Waals surface area contributed by atoms with Crippen molar-refractivity contribution < 1.29 is 9.59 Å². The Balaban J connectivity index is 1.62. The molecule has 2 amide bonds. The fourth-order valence-corrected chi connectivity index (χ4v) is 5.26. The maximum atomic E-state index is 12.6. The molecular weight excluding hydrogens is 404 g/mol. The highest BCUT2D eigenvalue weighted by Gasteiger charge is 2.32. The molecule has 2 aromatic rings. The zero-order chi connectivity index (χ0) is 20.6. The van der Waals surface area contributed by atoms with Crippen LogP contribution in [0.25, 0.3) is 5.69 Å². The van der Waals surface area contributed by atoms with Crippen LogP contribution in [0.3, 0.4) is 0 Å². The van der Waals surface area contributed by atoms with Gasteiger partial charge >= 0.3 is 0 Å². The first-order valence-corrected chi connectivity index (χ1v) is 12.2. The van der Waals surface area contributed by atoms with Gasteiger partial charge in [0.05, 0.1) is 22.8 Å². The second-order valence-electron chi connectivity index (χ2n) is 6.92. The minimum atomic E-state index is -0.124. The lowest BCUT2D eigenvalue weighted by Crippen LogP contribution is -2.43. The molecule has 8 heteroatoms. The van der Waals surface area contributed by atoms with Gasteiger partial charge in [0.2, 0.25) is 11.8 Å². The van der Waals surface area contributed by atoms with Crippen LogP contribution in [0, 0.1) is 6.92 Å². The molecule has 0 atom stereocenters. The van der Waals surface area contributed by atoms with Crippen LogP contribution in [0.2, 0.25) is 0 Å². The van der Waals surface area contributed by atoms with Crippen LogP contribution < -0.4 is 10.2 Å². The van der Waals surface area contributed by atoms with Gasteiger partial charge in [0.1, 0.15) is 11.6 Å². The molecule has 0 unspecified atom stereocenters. The summed E-state index contributed by atoms with van der Waals surface area (Å²) in [5, 5.41) is 8.49. The van der Waals surface area contributed by atoms with E-state index >= 15 is 0 Å². The molecule has 1 N–H and O–H groups in total. The van der Waals surface area contributed by atoms with Crippen molar-refractivity contribution in [1.82, 2.24) is 15.1 Å². The van der Waals surface area contributed by atoms with E-state index in [0.29, 0.717) is 12.3 Å². The highest BCUT2D eigenvalue weighted by molar-refractivity contribution is 8.00. The quantitative estimate of drug-likeness (QED) is 0.581. The number of aromatic nitrogens is 2. The summed E-state index contributed by atoms with van der Waals surface area (Å²) in [5.41, 5.74) is 2.45. The summed E-state index contributed by atoms with van der Waals surface area (Å²) in [6.07, 6.45) is 3.40. The average molecular weight is 433 g/mol. The van der Waals surface area contributed by atoms with Crippen molar-refractivity contribution >= 4 is 41.0 Å². The van der Waals surface area contributed by atoms with E-state index in [2.05, 4.69) is 17.3 Å². The number of thioether (sulfide) groups is 2. The maximum Gasteiger partial charge on any atom is 0.240 e. The van der Waals surface area contributed by atoms with Gasteiger partial charge in [-0.15, -0.1) is 0 Å². The summed E-state index contributed by atoms with van der Waals surface area (Å²) in [5.74, 6) is 2.36. The van der Waals surface area contributed by atoms with E-state index in [1.807, 2.05) is 53.7 Å². The van der Waals surface area contributed by atoms with E-state index in [9.17, 15) is 9.59 Å². The Kier molecular flexibility index (Phi) is 8.06. The Morgan fingerprint density at radius 2 is 2.00 bits per heavy atom. The van der Waals surface area contributed by atoms with E-state index in [0.717, 1.165) is 34.3 Å². The van der Waals surface area contributed by atoms with Crippen LogP contribution in [0.5, 0.6) is 0 Å². The third kappa shape index (κ3) is 5.57. The number of hydrogen-bond donors (Lipinski definition) is 1. The molecule has 0 bridgehead atoms. The molecule has 6 nitrogen and oxygen atoms in total. The number of rotatable bonds is 10. The third-order valence-electron chi connectivity index (χ3n) is 4.62. The third-order valence-corrected chi connectivity index (χ3v) is 6.81. The molecule has 0 aliphatic carbocycles. The van der Waals surface area contributed by atoms with Gasteiger partial charge in [-0.25, -0.2) is 4.68 Å². The molecule has 156 valence electrons. The zero-order valence-electron chi connectivity index (χ0n) is 17.0. The van der Waals surface area contributed by atoms with Crippen molar-refractivity contribution in [2.24, 2.45) is 0 Å². The maximum absolute atomic E-state index is 12.6. The second kappa shape index (κ2) is 10.7. The Labute approximate surface area is 180 Å². The van der Waals surface area contributed by atoms with Crippen LogP contribution in [0.4, 0.5) is 5.69 Å². The molecule has 29 heavy (non-hydrogen) atoms. The minimum absolute atomic E-state index is 0.0384. The topological polar surface area (TPSA) is 67.2 Å². The molecule has 1 aromatic carbocycles.